The van der Waals surface area contributed by atoms with Gasteiger partial charge in [0.15, 0.2) is 5.82 Å². The van der Waals surface area contributed by atoms with Gasteiger partial charge in [-0.15, -0.1) is 10.2 Å². The van der Waals surface area contributed by atoms with Gasteiger partial charge in [0.05, 0.1) is 43.8 Å². The van der Waals surface area contributed by atoms with Gasteiger partial charge in [-0.05, 0) is 31.2 Å². The molecule has 2 N–H and O–H groups in total. The molecule has 1 aromatic carbocycles. The van der Waals surface area contributed by atoms with E-state index >= 15 is 0 Å². The van der Waals surface area contributed by atoms with Crippen molar-refractivity contribution < 1.29 is 21.6 Å². The first-order valence-electron chi connectivity index (χ1n) is 8.93. The topological polar surface area (TPSA) is 118 Å². The standard InChI is InChI=1S/C18H12Cl2F3N7O2S/c1-9-15(7-25-27-9)30-8-26-28-17(30)16-14(4-10(19)6-24-16)29-33(31,32)11-2-3-13(20)12(5-11)18(21,22)23/h2-8,29H,1H3,(H,25,27). The highest BCUT2D eigenvalue weighted by Crippen LogP contribution is 2.37. The number of anilines is 1. The van der Waals surface area contributed by atoms with E-state index in [0.717, 1.165) is 12.1 Å². The van der Waals surface area contributed by atoms with E-state index in [0.29, 0.717) is 17.4 Å². The molecular weight excluding hydrogens is 506 g/mol. The van der Waals surface area contributed by atoms with Crippen LogP contribution in [0.1, 0.15) is 11.3 Å². The summed E-state index contributed by atoms with van der Waals surface area (Å²) in [5.41, 5.74) is -0.125. The van der Waals surface area contributed by atoms with Crippen LogP contribution >= 0.6 is 23.2 Å². The second kappa shape index (κ2) is 8.32. The van der Waals surface area contributed by atoms with Crippen LogP contribution < -0.4 is 4.72 Å². The number of pyridine rings is 1. The van der Waals surface area contributed by atoms with Crippen LogP contribution in [0.3, 0.4) is 0 Å². The number of H-pyrrole nitrogens is 1. The summed E-state index contributed by atoms with van der Waals surface area (Å²) in [6.45, 7) is 1.75. The number of benzene rings is 1. The third kappa shape index (κ3) is 4.51. The molecule has 0 bridgehead atoms. The molecule has 0 saturated carbocycles. The molecule has 15 heteroatoms. The highest BCUT2D eigenvalue weighted by Gasteiger charge is 2.34. The molecule has 0 aliphatic heterocycles. The zero-order valence-electron chi connectivity index (χ0n) is 16.4. The minimum Gasteiger partial charge on any atom is -0.281 e. The average molecular weight is 518 g/mol. The molecule has 4 rings (SSSR count). The Bertz CT molecular complexity index is 1450. The van der Waals surface area contributed by atoms with E-state index in [-0.39, 0.29) is 22.2 Å². The van der Waals surface area contributed by atoms with Crippen molar-refractivity contribution in [2.24, 2.45) is 0 Å². The lowest BCUT2D eigenvalue weighted by Crippen LogP contribution is -2.16. The fraction of sp³-hybridized carbons (Fsp3) is 0.111. The molecule has 0 saturated heterocycles. The molecule has 0 radical (unpaired) electrons. The first-order chi connectivity index (χ1) is 15.5. The van der Waals surface area contributed by atoms with E-state index in [9.17, 15) is 21.6 Å². The van der Waals surface area contributed by atoms with Gasteiger partial charge in [0, 0.05) is 6.20 Å². The summed E-state index contributed by atoms with van der Waals surface area (Å²) in [5, 5.41) is 14.0. The number of halogens is 5. The molecule has 9 nitrogen and oxygen atoms in total. The Morgan fingerprint density at radius 1 is 1.15 bits per heavy atom. The van der Waals surface area contributed by atoms with Crippen LogP contribution in [0.25, 0.3) is 17.2 Å². The molecule has 0 aliphatic rings. The summed E-state index contributed by atoms with van der Waals surface area (Å²) in [5.74, 6) is 0.140. The van der Waals surface area contributed by atoms with E-state index in [1.807, 2.05) is 0 Å². The Balaban J connectivity index is 1.80. The van der Waals surface area contributed by atoms with Gasteiger partial charge in [0.1, 0.15) is 12.0 Å². The predicted octanol–water partition coefficient (Wildman–Crippen LogP) is 4.49. The summed E-state index contributed by atoms with van der Waals surface area (Å²) >= 11 is 11.6. The number of aromatic amines is 1. The van der Waals surface area contributed by atoms with E-state index in [1.54, 1.807) is 6.92 Å². The van der Waals surface area contributed by atoms with Gasteiger partial charge >= 0.3 is 6.18 Å². The molecule has 3 heterocycles. The average Bonchev–Trinajstić information content (AvgIpc) is 3.35. The molecule has 0 spiro atoms. The van der Waals surface area contributed by atoms with Crippen LogP contribution in [0.2, 0.25) is 10.0 Å². The lowest BCUT2D eigenvalue weighted by Gasteiger charge is -2.14. The Labute approximate surface area is 194 Å². The quantitative estimate of drug-likeness (QED) is 0.402. The van der Waals surface area contributed by atoms with Crippen LogP contribution in [0.5, 0.6) is 0 Å². The van der Waals surface area contributed by atoms with Crippen molar-refractivity contribution in [2.75, 3.05) is 4.72 Å². The van der Waals surface area contributed by atoms with Gasteiger partial charge in [0.25, 0.3) is 10.0 Å². The number of nitrogens with zero attached hydrogens (tertiary/aromatic N) is 5. The van der Waals surface area contributed by atoms with Gasteiger partial charge < -0.3 is 0 Å². The van der Waals surface area contributed by atoms with Gasteiger partial charge in [-0.3, -0.25) is 14.4 Å². The molecule has 4 aromatic rings. The minimum absolute atomic E-state index is 0.0334. The second-order valence-corrected chi connectivity index (χ2v) is 9.23. The van der Waals surface area contributed by atoms with E-state index in [1.165, 1.54) is 29.4 Å². The van der Waals surface area contributed by atoms with Crippen molar-refractivity contribution >= 4 is 38.9 Å². The molecule has 3 aromatic heterocycles. The Hall–Kier alpha value is -3.16. The maximum Gasteiger partial charge on any atom is 0.417 e. The lowest BCUT2D eigenvalue weighted by molar-refractivity contribution is -0.137. The van der Waals surface area contributed by atoms with Crippen LogP contribution in [0.4, 0.5) is 18.9 Å². The first-order valence-corrected chi connectivity index (χ1v) is 11.2. The maximum absolute atomic E-state index is 13.2. The van der Waals surface area contributed by atoms with Gasteiger partial charge in [-0.25, -0.2) is 13.4 Å². The minimum atomic E-state index is -4.84. The zero-order valence-corrected chi connectivity index (χ0v) is 18.7. The van der Waals surface area contributed by atoms with Crippen LogP contribution in [-0.2, 0) is 16.2 Å². The molecule has 0 atom stereocenters. The van der Waals surface area contributed by atoms with Crippen LogP contribution in [-0.4, -0.2) is 38.4 Å². The second-order valence-electron chi connectivity index (χ2n) is 6.70. The number of rotatable bonds is 5. The summed E-state index contributed by atoms with van der Waals surface area (Å²) in [6.07, 6.45) is -0.699. The van der Waals surface area contributed by atoms with E-state index in [2.05, 4.69) is 30.1 Å². The highest BCUT2D eigenvalue weighted by molar-refractivity contribution is 7.92. The normalized spacial score (nSPS) is 12.2. The molecule has 0 amide bonds. The van der Waals surface area contributed by atoms with Crippen molar-refractivity contribution in [1.29, 1.82) is 0 Å². The smallest absolute Gasteiger partial charge is 0.281 e. The number of sulfonamides is 1. The van der Waals surface area contributed by atoms with Crippen molar-refractivity contribution in [2.45, 2.75) is 18.0 Å². The number of nitrogens with one attached hydrogen (secondary N) is 2. The number of hydrogen-bond acceptors (Lipinski definition) is 6. The number of aromatic nitrogens is 6. The van der Waals surface area contributed by atoms with Crippen molar-refractivity contribution in [3.8, 4) is 17.2 Å². The number of aryl methyl sites for hydroxylation is 1. The first kappa shape index (κ1) is 23.0. The SMILES string of the molecule is Cc1[nH]ncc1-n1cnnc1-c1ncc(Cl)cc1NS(=O)(=O)c1ccc(Cl)c(C(F)(F)F)c1. The zero-order chi connectivity index (χ0) is 24.0. The maximum atomic E-state index is 13.2. The molecule has 33 heavy (non-hydrogen) atoms. The van der Waals surface area contributed by atoms with Gasteiger partial charge in [-0.2, -0.15) is 18.3 Å². The van der Waals surface area contributed by atoms with Crippen molar-refractivity contribution in [3.63, 3.8) is 0 Å². The Kier molecular flexibility index (Phi) is 5.80. The molecule has 0 unspecified atom stereocenters. The Morgan fingerprint density at radius 3 is 2.58 bits per heavy atom. The molecule has 172 valence electrons. The Morgan fingerprint density at radius 2 is 1.91 bits per heavy atom. The summed E-state index contributed by atoms with van der Waals surface area (Å²) < 4.78 is 69.2. The fourth-order valence-corrected chi connectivity index (χ4v) is 4.41. The monoisotopic (exact) mass is 517 g/mol. The largest absolute Gasteiger partial charge is 0.417 e. The highest BCUT2D eigenvalue weighted by atomic mass is 35.5. The molecular formula is C18H12Cl2F3N7O2S. The fourth-order valence-electron chi connectivity index (χ4n) is 2.95. The van der Waals surface area contributed by atoms with Crippen molar-refractivity contribution in [3.05, 3.63) is 64.3 Å². The summed E-state index contributed by atoms with van der Waals surface area (Å²) in [6, 6.07) is 3.51. The third-order valence-corrected chi connectivity index (χ3v) is 6.37. The summed E-state index contributed by atoms with van der Waals surface area (Å²) in [4.78, 5) is 3.50. The van der Waals surface area contributed by atoms with Gasteiger partial charge in [-0.1, -0.05) is 23.2 Å². The van der Waals surface area contributed by atoms with Crippen LogP contribution in [0, 0.1) is 6.92 Å². The van der Waals surface area contributed by atoms with Crippen LogP contribution in [0.15, 0.2) is 47.9 Å². The predicted molar refractivity (Wildman–Crippen MR) is 114 cm³/mol. The molecule has 0 aliphatic carbocycles. The number of hydrogen-bond donors (Lipinski definition) is 2. The number of alkyl halides is 3. The van der Waals surface area contributed by atoms with Gasteiger partial charge in [0.2, 0.25) is 0 Å². The molecule has 0 fully saturated rings. The van der Waals surface area contributed by atoms with E-state index in [4.69, 9.17) is 23.2 Å². The lowest BCUT2D eigenvalue weighted by atomic mass is 10.2. The third-order valence-electron chi connectivity index (χ3n) is 4.47. The van der Waals surface area contributed by atoms with E-state index < -0.39 is 31.7 Å². The van der Waals surface area contributed by atoms with Crippen molar-refractivity contribution in [1.82, 2.24) is 29.9 Å². The summed E-state index contributed by atoms with van der Waals surface area (Å²) in [7, 11) is -4.50.